The zero-order chi connectivity index (χ0) is 12.1. The highest BCUT2D eigenvalue weighted by Gasteiger charge is 2.32. The van der Waals surface area contributed by atoms with Crippen molar-refractivity contribution in [2.45, 2.75) is 39.2 Å². The second-order valence-electron chi connectivity index (χ2n) is 3.99. The SMILES string of the molecule is CC(=O)OCC1CC(=O)CCC1OC(C)=O. The molecule has 0 heterocycles. The molecule has 2 atom stereocenters. The highest BCUT2D eigenvalue weighted by molar-refractivity contribution is 5.79. The third kappa shape index (κ3) is 4.00. The van der Waals surface area contributed by atoms with E-state index < -0.39 is 0 Å². The van der Waals surface area contributed by atoms with Crippen LogP contribution in [0.25, 0.3) is 0 Å². The standard InChI is InChI=1S/C11H16O5/c1-7(12)15-6-9-5-10(14)3-4-11(9)16-8(2)13/h9,11H,3-6H2,1-2H3. The quantitative estimate of drug-likeness (QED) is 0.670. The Morgan fingerprint density at radius 1 is 1.31 bits per heavy atom. The molecule has 0 aromatic rings. The number of ketones is 1. The smallest absolute Gasteiger partial charge is 0.302 e. The summed E-state index contributed by atoms with van der Waals surface area (Å²) in [6.45, 7) is 2.78. The van der Waals surface area contributed by atoms with Gasteiger partial charge in [0, 0.05) is 32.6 Å². The Labute approximate surface area is 94.1 Å². The summed E-state index contributed by atoms with van der Waals surface area (Å²) >= 11 is 0. The van der Waals surface area contributed by atoms with E-state index in [0.29, 0.717) is 19.3 Å². The van der Waals surface area contributed by atoms with E-state index in [2.05, 4.69) is 0 Å². The molecule has 0 aromatic carbocycles. The van der Waals surface area contributed by atoms with Crippen LogP contribution in [0.2, 0.25) is 0 Å². The van der Waals surface area contributed by atoms with E-state index in [1.54, 1.807) is 0 Å². The fourth-order valence-electron chi connectivity index (χ4n) is 1.82. The third-order valence-electron chi connectivity index (χ3n) is 2.54. The molecule has 0 spiro atoms. The van der Waals surface area contributed by atoms with Crippen LogP contribution in [-0.2, 0) is 23.9 Å². The summed E-state index contributed by atoms with van der Waals surface area (Å²) in [5, 5.41) is 0. The van der Waals surface area contributed by atoms with Crippen molar-refractivity contribution in [1.82, 2.24) is 0 Å². The van der Waals surface area contributed by atoms with Gasteiger partial charge in [-0.05, 0) is 6.42 Å². The fourth-order valence-corrected chi connectivity index (χ4v) is 1.82. The van der Waals surface area contributed by atoms with Crippen molar-refractivity contribution < 1.29 is 23.9 Å². The molecule has 0 amide bonds. The lowest BCUT2D eigenvalue weighted by Crippen LogP contribution is -2.36. The first-order valence-corrected chi connectivity index (χ1v) is 5.31. The molecule has 5 heteroatoms. The number of esters is 2. The first kappa shape index (κ1) is 12.7. The lowest BCUT2D eigenvalue weighted by Gasteiger charge is -2.29. The topological polar surface area (TPSA) is 69.7 Å². The van der Waals surface area contributed by atoms with Gasteiger partial charge in [0.2, 0.25) is 0 Å². The number of hydrogen-bond donors (Lipinski definition) is 0. The predicted octanol–water partition coefficient (Wildman–Crippen LogP) is 0.850. The van der Waals surface area contributed by atoms with Crippen molar-refractivity contribution in [2.24, 2.45) is 5.92 Å². The number of rotatable bonds is 3. The van der Waals surface area contributed by atoms with E-state index in [-0.39, 0.29) is 36.4 Å². The minimum atomic E-state index is -0.389. The van der Waals surface area contributed by atoms with E-state index in [9.17, 15) is 14.4 Å². The number of carbonyl (C=O) groups excluding carboxylic acids is 3. The van der Waals surface area contributed by atoms with Crippen molar-refractivity contribution >= 4 is 17.7 Å². The molecule has 16 heavy (non-hydrogen) atoms. The van der Waals surface area contributed by atoms with Crippen LogP contribution in [0.1, 0.15) is 33.1 Å². The minimum absolute atomic E-state index is 0.126. The van der Waals surface area contributed by atoms with Crippen LogP contribution < -0.4 is 0 Å². The van der Waals surface area contributed by atoms with Crippen molar-refractivity contribution in [3.8, 4) is 0 Å². The van der Waals surface area contributed by atoms with Gasteiger partial charge in [-0.1, -0.05) is 0 Å². The van der Waals surface area contributed by atoms with E-state index in [1.165, 1.54) is 13.8 Å². The Bertz CT molecular complexity index is 297. The number of hydrogen-bond acceptors (Lipinski definition) is 5. The Morgan fingerprint density at radius 3 is 2.56 bits per heavy atom. The molecule has 2 unspecified atom stereocenters. The molecule has 1 rings (SSSR count). The zero-order valence-electron chi connectivity index (χ0n) is 9.52. The molecular weight excluding hydrogens is 212 g/mol. The number of carbonyl (C=O) groups is 3. The largest absolute Gasteiger partial charge is 0.465 e. The molecule has 0 aromatic heterocycles. The van der Waals surface area contributed by atoms with Crippen LogP contribution in [0, 0.1) is 5.92 Å². The van der Waals surface area contributed by atoms with Gasteiger partial charge in [0.05, 0.1) is 6.61 Å². The van der Waals surface area contributed by atoms with Crippen LogP contribution in [0.15, 0.2) is 0 Å². The van der Waals surface area contributed by atoms with E-state index in [0.717, 1.165) is 0 Å². The average molecular weight is 228 g/mol. The first-order valence-electron chi connectivity index (χ1n) is 5.31. The van der Waals surface area contributed by atoms with Crippen LogP contribution in [-0.4, -0.2) is 30.4 Å². The summed E-state index contributed by atoms with van der Waals surface area (Å²) in [6, 6.07) is 0. The number of Topliss-reactive ketones (excluding diaryl/α,β-unsaturated/α-hetero) is 1. The van der Waals surface area contributed by atoms with Gasteiger partial charge in [-0.25, -0.2) is 0 Å². The second kappa shape index (κ2) is 5.63. The second-order valence-corrected chi connectivity index (χ2v) is 3.99. The lowest BCUT2D eigenvalue weighted by atomic mass is 9.86. The van der Waals surface area contributed by atoms with Crippen molar-refractivity contribution in [1.29, 1.82) is 0 Å². The average Bonchev–Trinajstić information content (AvgIpc) is 2.17. The minimum Gasteiger partial charge on any atom is -0.465 e. The zero-order valence-corrected chi connectivity index (χ0v) is 9.52. The van der Waals surface area contributed by atoms with Crippen molar-refractivity contribution in [3.63, 3.8) is 0 Å². The molecule has 1 saturated carbocycles. The van der Waals surface area contributed by atoms with Gasteiger partial charge in [0.15, 0.2) is 0 Å². The van der Waals surface area contributed by atoms with Crippen molar-refractivity contribution in [2.75, 3.05) is 6.61 Å². The molecule has 5 nitrogen and oxygen atoms in total. The summed E-state index contributed by atoms with van der Waals surface area (Å²) in [5.41, 5.74) is 0. The maximum absolute atomic E-state index is 11.3. The highest BCUT2D eigenvalue weighted by Crippen LogP contribution is 2.25. The Hall–Kier alpha value is -1.39. The fraction of sp³-hybridized carbons (Fsp3) is 0.727. The lowest BCUT2D eigenvalue weighted by molar-refractivity contribution is -0.157. The van der Waals surface area contributed by atoms with Gasteiger partial charge in [-0.3, -0.25) is 14.4 Å². The van der Waals surface area contributed by atoms with E-state index >= 15 is 0 Å². The molecule has 0 saturated heterocycles. The van der Waals surface area contributed by atoms with Crippen LogP contribution in [0.5, 0.6) is 0 Å². The molecule has 1 aliphatic carbocycles. The van der Waals surface area contributed by atoms with Crippen LogP contribution in [0.3, 0.4) is 0 Å². The summed E-state index contributed by atoms with van der Waals surface area (Å²) in [5.74, 6) is -0.832. The first-order chi connectivity index (χ1) is 7.49. The molecule has 0 N–H and O–H groups in total. The van der Waals surface area contributed by atoms with Crippen LogP contribution in [0.4, 0.5) is 0 Å². The molecule has 1 aliphatic rings. The maximum atomic E-state index is 11.3. The summed E-state index contributed by atoms with van der Waals surface area (Å²) in [7, 11) is 0. The van der Waals surface area contributed by atoms with Gasteiger partial charge in [-0.2, -0.15) is 0 Å². The van der Waals surface area contributed by atoms with Gasteiger partial charge in [0.1, 0.15) is 11.9 Å². The normalized spacial score (nSPS) is 25.0. The summed E-state index contributed by atoms with van der Waals surface area (Å²) in [6.07, 6.45) is 0.943. The van der Waals surface area contributed by atoms with Gasteiger partial charge >= 0.3 is 11.9 Å². The van der Waals surface area contributed by atoms with Gasteiger partial charge in [-0.15, -0.1) is 0 Å². The Kier molecular flexibility index (Phi) is 4.46. The van der Waals surface area contributed by atoms with Gasteiger partial charge in [0.25, 0.3) is 0 Å². The molecule has 0 aliphatic heterocycles. The highest BCUT2D eigenvalue weighted by atomic mass is 16.6. The van der Waals surface area contributed by atoms with E-state index in [4.69, 9.17) is 9.47 Å². The van der Waals surface area contributed by atoms with Gasteiger partial charge < -0.3 is 9.47 Å². The molecule has 1 fully saturated rings. The summed E-state index contributed by atoms with van der Waals surface area (Å²) < 4.78 is 9.96. The maximum Gasteiger partial charge on any atom is 0.302 e. The molecule has 0 radical (unpaired) electrons. The monoisotopic (exact) mass is 228 g/mol. The molecular formula is C11H16O5. The van der Waals surface area contributed by atoms with Crippen molar-refractivity contribution in [3.05, 3.63) is 0 Å². The Morgan fingerprint density at radius 2 is 2.00 bits per heavy atom. The predicted molar refractivity (Wildman–Crippen MR) is 54.5 cm³/mol. The Balaban J connectivity index is 2.54. The van der Waals surface area contributed by atoms with E-state index in [1.807, 2.05) is 0 Å². The molecule has 90 valence electrons. The summed E-state index contributed by atoms with van der Waals surface area (Å²) in [4.78, 5) is 32.8. The number of ether oxygens (including phenoxy) is 2. The third-order valence-corrected chi connectivity index (χ3v) is 2.54. The van der Waals surface area contributed by atoms with Crippen LogP contribution >= 0.6 is 0 Å². The molecule has 0 bridgehead atoms.